The Balaban J connectivity index is 1.64. The number of rotatable bonds is 8. The first-order valence-electron chi connectivity index (χ1n) is 13.3. The molecule has 2 amide bonds. The number of amides is 2. The van der Waals surface area contributed by atoms with Crippen LogP contribution in [0.1, 0.15) is 34.6 Å². The predicted octanol–water partition coefficient (Wildman–Crippen LogP) is 6.72. The van der Waals surface area contributed by atoms with Gasteiger partial charge in [0.1, 0.15) is 17.2 Å². The minimum atomic E-state index is -0.379. The van der Waals surface area contributed by atoms with E-state index in [9.17, 15) is 14.0 Å². The van der Waals surface area contributed by atoms with Crippen LogP contribution < -0.4 is 15.4 Å². The Hall–Kier alpha value is -4.98. The summed E-state index contributed by atoms with van der Waals surface area (Å²) in [5, 5.41) is 6.31. The zero-order valence-electron chi connectivity index (χ0n) is 23.2. The number of ether oxygens (including phenoxy) is 1. The number of methoxy groups -OCH3 is 1. The molecule has 0 aliphatic carbocycles. The highest BCUT2D eigenvalue weighted by atomic mass is 19.1. The summed E-state index contributed by atoms with van der Waals surface area (Å²) in [6, 6.07) is 20.7. The second kappa shape index (κ2) is 11.6. The monoisotopic (exact) mass is 551 g/mol. The van der Waals surface area contributed by atoms with Crippen molar-refractivity contribution in [2.45, 2.75) is 13.8 Å². The Bertz CT molecular complexity index is 1740. The van der Waals surface area contributed by atoms with Crippen LogP contribution in [0.4, 0.5) is 4.39 Å². The molecule has 41 heavy (non-hydrogen) atoms. The summed E-state index contributed by atoms with van der Waals surface area (Å²) in [6.45, 7) is 4.61. The van der Waals surface area contributed by atoms with E-state index in [0.29, 0.717) is 45.8 Å². The van der Waals surface area contributed by atoms with Crippen LogP contribution in [-0.2, 0) is 0 Å². The summed E-state index contributed by atoms with van der Waals surface area (Å²) < 4.78 is 25.0. The number of aromatic nitrogens is 1. The highest BCUT2D eigenvalue weighted by Gasteiger charge is 2.23. The van der Waals surface area contributed by atoms with Gasteiger partial charge in [-0.05, 0) is 76.7 Å². The molecule has 0 saturated heterocycles. The van der Waals surface area contributed by atoms with Gasteiger partial charge in [-0.25, -0.2) is 9.37 Å². The summed E-state index contributed by atoms with van der Waals surface area (Å²) in [6.07, 6.45) is 1.64. The Morgan fingerprint density at radius 1 is 0.902 bits per heavy atom. The second-order valence-electron chi connectivity index (χ2n) is 10.1. The minimum absolute atomic E-state index is 0.194. The molecule has 0 unspecified atom stereocenters. The van der Waals surface area contributed by atoms with Crippen LogP contribution >= 0.6 is 0 Å². The summed E-state index contributed by atoms with van der Waals surface area (Å²) in [4.78, 5) is 30.6. The number of hydrogen-bond acceptors (Lipinski definition) is 5. The van der Waals surface area contributed by atoms with Crippen molar-refractivity contribution < 1.29 is 23.1 Å². The number of carbonyl (C=O) groups excluding carboxylic acids is 2. The number of pyridine rings is 1. The molecular formula is C33H30FN3O4. The third-order valence-electron chi connectivity index (χ3n) is 6.77. The molecule has 208 valence electrons. The van der Waals surface area contributed by atoms with Crippen molar-refractivity contribution in [1.29, 1.82) is 0 Å². The van der Waals surface area contributed by atoms with Crippen molar-refractivity contribution >= 4 is 22.8 Å². The first-order chi connectivity index (χ1) is 19.8. The average molecular weight is 552 g/mol. The van der Waals surface area contributed by atoms with Crippen LogP contribution in [0.25, 0.3) is 44.5 Å². The van der Waals surface area contributed by atoms with Gasteiger partial charge in [0.2, 0.25) is 5.88 Å². The van der Waals surface area contributed by atoms with Crippen LogP contribution in [-0.4, -0.2) is 37.5 Å². The summed E-state index contributed by atoms with van der Waals surface area (Å²) in [7, 11) is 3.10. The maximum atomic E-state index is 13.6. The fourth-order valence-electron chi connectivity index (χ4n) is 4.68. The third kappa shape index (κ3) is 5.68. The molecular weight excluding hydrogens is 521 g/mol. The Labute approximate surface area is 237 Å². The molecule has 3 aromatic carbocycles. The number of benzene rings is 3. The summed E-state index contributed by atoms with van der Waals surface area (Å²) >= 11 is 0. The van der Waals surface area contributed by atoms with E-state index in [4.69, 9.17) is 9.15 Å². The molecule has 0 atom stereocenters. The lowest BCUT2D eigenvalue weighted by Gasteiger charge is -2.14. The van der Waals surface area contributed by atoms with Crippen molar-refractivity contribution in [3.8, 4) is 39.5 Å². The van der Waals surface area contributed by atoms with Crippen molar-refractivity contribution in [3.05, 3.63) is 95.9 Å². The van der Waals surface area contributed by atoms with Crippen LogP contribution in [0, 0.1) is 11.7 Å². The Morgan fingerprint density at radius 3 is 2.32 bits per heavy atom. The van der Waals surface area contributed by atoms with Gasteiger partial charge in [0, 0.05) is 42.4 Å². The fourth-order valence-corrected chi connectivity index (χ4v) is 4.68. The zero-order chi connectivity index (χ0) is 29.1. The molecule has 0 radical (unpaired) electrons. The average Bonchev–Trinajstić information content (AvgIpc) is 3.38. The molecule has 2 aromatic heterocycles. The highest BCUT2D eigenvalue weighted by molar-refractivity contribution is 6.12. The van der Waals surface area contributed by atoms with E-state index in [1.54, 1.807) is 44.6 Å². The maximum absolute atomic E-state index is 13.6. The first kappa shape index (κ1) is 27.6. The van der Waals surface area contributed by atoms with Crippen LogP contribution in [0.15, 0.2) is 83.4 Å². The third-order valence-corrected chi connectivity index (χ3v) is 6.77. The minimum Gasteiger partial charge on any atom is -0.481 e. The highest BCUT2D eigenvalue weighted by Crippen LogP contribution is 2.37. The number of furan rings is 1. The molecule has 2 heterocycles. The van der Waals surface area contributed by atoms with Gasteiger partial charge in [0.15, 0.2) is 0 Å². The van der Waals surface area contributed by atoms with Crippen molar-refractivity contribution in [1.82, 2.24) is 15.6 Å². The topological polar surface area (TPSA) is 93.5 Å². The molecule has 7 nitrogen and oxygen atoms in total. The van der Waals surface area contributed by atoms with E-state index in [0.717, 1.165) is 22.3 Å². The second-order valence-corrected chi connectivity index (χ2v) is 10.1. The van der Waals surface area contributed by atoms with E-state index >= 15 is 0 Å². The molecule has 5 aromatic rings. The number of halogens is 1. The molecule has 5 rings (SSSR count). The van der Waals surface area contributed by atoms with Gasteiger partial charge in [0.25, 0.3) is 11.8 Å². The zero-order valence-corrected chi connectivity index (χ0v) is 23.2. The number of fused-ring (bicyclic) bond motifs is 1. The number of carbonyl (C=O) groups is 2. The number of hydrogen-bond donors (Lipinski definition) is 2. The predicted molar refractivity (Wildman–Crippen MR) is 157 cm³/mol. The van der Waals surface area contributed by atoms with E-state index in [2.05, 4.69) is 15.6 Å². The van der Waals surface area contributed by atoms with Gasteiger partial charge < -0.3 is 19.8 Å². The molecule has 0 bridgehead atoms. The van der Waals surface area contributed by atoms with E-state index in [-0.39, 0.29) is 23.5 Å². The van der Waals surface area contributed by atoms with E-state index in [1.807, 2.05) is 50.2 Å². The number of nitrogens with zero attached hydrogens (tertiary/aromatic N) is 1. The molecule has 2 N–H and O–H groups in total. The van der Waals surface area contributed by atoms with Gasteiger partial charge in [-0.15, -0.1) is 0 Å². The van der Waals surface area contributed by atoms with Gasteiger partial charge in [-0.2, -0.15) is 0 Å². The van der Waals surface area contributed by atoms with E-state index in [1.165, 1.54) is 12.1 Å². The van der Waals surface area contributed by atoms with E-state index < -0.39 is 0 Å². The quantitative estimate of drug-likeness (QED) is 0.223. The Kier molecular flexibility index (Phi) is 7.83. The van der Waals surface area contributed by atoms with Gasteiger partial charge in [-0.1, -0.05) is 32.0 Å². The number of nitrogens with one attached hydrogen (secondary N) is 2. The van der Waals surface area contributed by atoms with Crippen molar-refractivity contribution in [3.63, 3.8) is 0 Å². The van der Waals surface area contributed by atoms with Crippen LogP contribution in [0.2, 0.25) is 0 Å². The van der Waals surface area contributed by atoms with Crippen LogP contribution in [0.5, 0.6) is 5.88 Å². The van der Waals surface area contributed by atoms with Gasteiger partial charge in [-0.3, -0.25) is 9.59 Å². The lowest BCUT2D eigenvalue weighted by molar-refractivity contribution is 0.0946. The molecule has 0 aliphatic rings. The van der Waals surface area contributed by atoms with Gasteiger partial charge >= 0.3 is 0 Å². The molecule has 0 fully saturated rings. The lowest BCUT2D eigenvalue weighted by atomic mass is 9.94. The standard InChI is InChI=1S/C33H30FN3O4/c1-19(2)18-37-32(38)26-15-21(7-11-25(26)23-13-14-36-29(17-23)40-4)22-8-12-28-27(16-22)30(33(39)35-3)31(41-28)20-5-9-24(34)10-6-20/h5-17,19H,18H2,1-4H3,(H,35,39)(H,37,38). The van der Waals surface area contributed by atoms with Gasteiger partial charge in [0.05, 0.1) is 12.7 Å². The summed E-state index contributed by atoms with van der Waals surface area (Å²) in [5.41, 5.74) is 5.09. The normalized spacial score (nSPS) is 11.1. The summed E-state index contributed by atoms with van der Waals surface area (Å²) in [5.74, 6) is 0.192. The smallest absolute Gasteiger partial charge is 0.255 e. The fraction of sp³-hybridized carbons (Fsp3) is 0.182. The molecule has 0 saturated carbocycles. The molecule has 0 aliphatic heterocycles. The molecule has 8 heteroatoms. The SMILES string of the molecule is CNC(=O)c1c(-c2ccc(F)cc2)oc2ccc(-c3ccc(-c4ccnc(OC)c4)c(C(=O)NCC(C)C)c3)cc12. The van der Waals surface area contributed by atoms with Crippen molar-refractivity contribution in [2.24, 2.45) is 5.92 Å². The van der Waals surface area contributed by atoms with Crippen LogP contribution in [0.3, 0.4) is 0 Å². The lowest BCUT2D eigenvalue weighted by Crippen LogP contribution is -2.27. The maximum Gasteiger partial charge on any atom is 0.255 e. The largest absolute Gasteiger partial charge is 0.481 e. The first-order valence-corrected chi connectivity index (χ1v) is 13.3. The molecule has 0 spiro atoms. The Morgan fingerprint density at radius 2 is 1.61 bits per heavy atom. The van der Waals surface area contributed by atoms with Crippen molar-refractivity contribution in [2.75, 3.05) is 20.7 Å².